The second kappa shape index (κ2) is 3.19. The van der Waals surface area contributed by atoms with Crippen molar-refractivity contribution in [3.8, 4) is 0 Å². The Labute approximate surface area is 98.3 Å². The first kappa shape index (κ1) is 10.9. The fourth-order valence-electron chi connectivity index (χ4n) is 2.26. The van der Waals surface area contributed by atoms with Gasteiger partial charge in [0.05, 0.1) is 0 Å². The van der Waals surface area contributed by atoms with E-state index in [0.717, 1.165) is 12.3 Å². The van der Waals surface area contributed by atoms with Crippen LogP contribution in [-0.4, -0.2) is 32.3 Å². The molecule has 0 aromatic carbocycles. The van der Waals surface area contributed by atoms with Gasteiger partial charge in [-0.1, -0.05) is 25.4 Å². The summed E-state index contributed by atoms with van der Waals surface area (Å²) in [7, 11) is 0. The second-order valence-corrected chi connectivity index (χ2v) is 6.65. The summed E-state index contributed by atoms with van der Waals surface area (Å²) in [5.74, 6) is 0.911. The number of nitrogens with zero attached hydrogens (tertiary/aromatic N) is 1. The molecule has 0 saturated carbocycles. The standard InChI is InChI=1S/C9H13Cl2NOS/c1-3-8(10)6(2)9(11)12(7(8)13)4-5-14-9/h6H,3-5H2,1-2H3. The Hall–Kier alpha value is 0.400. The third kappa shape index (κ3) is 1.09. The molecule has 2 rings (SSSR count). The van der Waals surface area contributed by atoms with E-state index in [-0.39, 0.29) is 11.8 Å². The molecule has 2 aliphatic heterocycles. The molecule has 5 heteroatoms. The highest BCUT2D eigenvalue weighted by Crippen LogP contribution is 2.57. The van der Waals surface area contributed by atoms with E-state index < -0.39 is 9.20 Å². The van der Waals surface area contributed by atoms with Crippen LogP contribution in [0.5, 0.6) is 0 Å². The number of carbonyl (C=O) groups excluding carboxylic acids is 1. The van der Waals surface area contributed by atoms with Crippen molar-refractivity contribution in [3.05, 3.63) is 0 Å². The van der Waals surface area contributed by atoms with Gasteiger partial charge >= 0.3 is 0 Å². The van der Waals surface area contributed by atoms with Gasteiger partial charge in [0, 0.05) is 18.2 Å². The van der Waals surface area contributed by atoms with Crippen LogP contribution < -0.4 is 0 Å². The van der Waals surface area contributed by atoms with Crippen molar-refractivity contribution in [2.75, 3.05) is 12.3 Å². The number of fused-ring (bicyclic) bond motifs is 1. The van der Waals surface area contributed by atoms with Crippen LogP contribution >= 0.6 is 35.0 Å². The fraction of sp³-hybridized carbons (Fsp3) is 0.889. The van der Waals surface area contributed by atoms with E-state index in [1.807, 2.05) is 13.8 Å². The number of hydrogen-bond donors (Lipinski definition) is 0. The van der Waals surface area contributed by atoms with Gasteiger partial charge in [-0.05, 0) is 6.42 Å². The lowest BCUT2D eigenvalue weighted by Gasteiger charge is -2.28. The topological polar surface area (TPSA) is 20.3 Å². The monoisotopic (exact) mass is 253 g/mol. The smallest absolute Gasteiger partial charge is 0.246 e. The Morgan fingerprint density at radius 3 is 2.79 bits per heavy atom. The minimum atomic E-state index is -0.783. The van der Waals surface area contributed by atoms with Crippen molar-refractivity contribution < 1.29 is 4.79 Å². The zero-order valence-electron chi connectivity index (χ0n) is 8.22. The van der Waals surface area contributed by atoms with Crippen LogP contribution in [0, 0.1) is 5.92 Å². The molecule has 2 fully saturated rings. The van der Waals surface area contributed by atoms with Crippen molar-refractivity contribution in [1.29, 1.82) is 0 Å². The summed E-state index contributed by atoms with van der Waals surface area (Å²) in [4.78, 5) is 13.0. The summed E-state index contributed by atoms with van der Waals surface area (Å²) in [5, 5.41) is 0. The van der Waals surface area contributed by atoms with Gasteiger partial charge < -0.3 is 4.90 Å². The lowest BCUT2D eigenvalue weighted by atomic mass is 9.93. The Morgan fingerprint density at radius 2 is 2.29 bits per heavy atom. The molecule has 2 nitrogen and oxygen atoms in total. The van der Waals surface area contributed by atoms with Gasteiger partial charge in [-0.3, -0.25) is 4.79 Å². The minimum Gasteiger partial charge on any atom is -0.312 e. The molecule has 0 aromatic heterocycles. The van der Waals surface area contributed by atoms with Gasteiger partial charge in [0.1, 0.15) is 4.87 Å². The molecule has 0 N–H and O–H groups in total. The first-order valence-corrected chi connectivity index (χ1v) is 6.55. The Bertz CT molecular complexity index is 288. The molecular weight excluding hydrogens is 241 g/mol. The highest BCUT2D eigenvalue weighted by molar-refractivity contribution is 8.02. The van der Waals surface area contributed by atoms with Crippen molar-refractivity contribution in [3.63, 3.8) is 0 Å². The highest BCUT2D eigenvalue weighted by Gasteiger charge is 2.65. The summed E-state index contributed by atoms with van der Waals surface area (Å²) < 4.78 is -0.588. The van der Waals surface area contributed by atoms with Crippen LogP contribution in [0.15, 0.2) is 0 Å². The summed E-state index contributed by atoms with van der Waals surface area (Å²) in [6.45, 7) is 4.64. The Balaban J connectivity index is 2.42. The van der Waals surface area contributed by atoms with E-state index in [1.54, 1.807) is 16.7 Å². The number of hydrogen-bond acceptors (Lipinski definition) is 2. The summed E-state index contributed by atoms with van der Waals surface area (Å²) in [5.41, 5.74) is 0. The predicted molar refractivity (Wildman–Crippen MR) is 60.8 cm³/mol. The zero-order valence-corrected chi connectivity index (χ0v) is 10.5. The molecule has 3 atom stereocenters. The quantitative estimate of drug-likeness (QED) is 0.529. The van der Waals surface area contributed by atoms with E-state index in [0.29, 0.717) is 6.42 Å². The second-order valence-electron chi connectivity index (χ2n) is 3.85. The van der Waals surface area contributed by atoms with Gasteiger partial charge in [-0.15, -0.1) is 23.4 Å². The van der Waals surface area contributed by atoms with Crippen LogP contribution in [0.2, 0.25) is 0 Å². The molecule has 2 heterocycles. The van der Waals surface area contributed by atoms with Gasteiger partial charge in [0.25, 0.3) is 0 Å². The van der Waals surface area contributed by atoms with E-state index in [2.05, 4.69) is 0 Å². The third-order valence-corrected chi connectivity index (χ3v) is 6.30. The van der Waals surface area contributed by atoms with Gasteiger partial charge in [0.2, 0.25) is 5.91 Å². The summed E-state index contributed by atoms with van der Waals surface area (Å²) in [6.07, 6.45) is 0.639. The van der Waals surface area contributed by atoms with E-state index in [4.69, 9.17) is 23.2 Å². The highest BCUT2D eigenvalue weighted by atomic mass is 35.5. The van der Waals surface area contributed by atoms with E-state index in [9.17, 15) is 4.79 Å². The maximum atomic E-state index is 12.1. The lowest BCUT2D eigenvalue weighted by Crippen LogP contribution is -2.37. The number of amides is 1. The van der Waals surface area contributed by atoms with Crippen molar-refractivity contribution in [2.45, 2.75) is 29.5 Å². The number of halogens is 2. The average Bonchev–Trinajstić information content (AvgIpc) is 2.62. The number of alkyl halides is 2. The molecule has 0 bridgehead atoms. The molecule has 0 aliphatic carbocycles. The van der Waals surface area contributed by atoms with Crippen molar-refractivity contribution in [1.82, 2.24) is 4.90 Å². The van der Waals surface area contributed by atoms with Crippen molar-refractivity contribution in [2.24, 2.45) is 5.92 Å². The molecule has 3 unspecified atom stereocenters. The predicted octanol–water partition coefficient (Wildman–Crippen LogP) is 2.49. The van der Waals surface area contributed by atoms with Gasteiger partial charge in [-0.2, -0.15) is 0 Å². The molecule has 0 radical (unpaired) electrons. The average molecular weight is 254 g/mol. The van der Waals surface area contributed by atoms with E-state index >= 15 is 0 Å². The molecule has 0 spiro atoms. The first-order chi connectivity index (χ1) is 6.47. The Kier molecular flexibility index (Phi) is 2.49. The number of thioether (sulfide) groups is 1. The molecule has 2 saturated heterocycles. The lowest BCUT2D eigenvalue weighted by molar-refractivity contribution is -0.130. The zero-order chi connectivity index (χ0) is 10.6. The fourth-order valence-corrected chi connectivity index (χ4v) is 4.56. The summed E-state index contributed by atoms with van der Waals surface area (Å²) in [6, 6.07) is 0. The van der Waals surface area contributed by atoms with Gasteiger partial charge in [-0.25, -0.2) is 0 Å². The SMILES string of the molecule is CCC1(Cl)C(=O)N2CCSC2(Cl)C1C. The summed E-state index contributed by atoms with van der Waals surface area (Å²) >= 11 is 14.4. The van der Waals surface area contributed by atoms with Crippen molar-refractivity contribution >= 4 is 40.9 Å². The van der Waals surface area contributed by atoms with Crippen LogP contribution in [0.25, 0.3) is 0 Å². The largest absolute Gasteiger partial charge is 0.312 e. The normalized spacial score (nSPS) is 47.3. The van der Waals surface area contributed by atoms with Crippen LogP contribution in [0.4, 0.5) is 0 Å². The minimum absolute atomic E-state index is 0.00849. The van der Waals surface area contributed by atoms with Crippen LogP contribution in [0.1, 0.15) is 20.3 Å². The molecule has 1 amide bonds. The van der Waals surface area contributed by atoms with E-state index in [1.165, 1.54) is 0 Å². The molecule has 80 valence electrons. The van der Waals surface area contributed by atoms with Crippen LogP contribution in [-0.2, 0) is 4.79 Å². The number of carbonyl (C=O) groups is 1. The third-order valence-electron chi connectivity index (χ3n) is 3.32. The Morgan fingerprint density at radius 1 is 1.64 bits per heavy atom. The maximum absolute atomic E-state index is 12.1. The first-order valence-electron chi connectivity index (χ1n) is 4.80. The molecular formula is C9H13Cl2NOS. The maximum Gasteiger partial charge on any atom is 0.246 e. The number of rotatable bonds is 1. The van der Waals surface area contributed by atoms with Gasteiger partial charge in [0.15, 0.2) is 4.33 Å². The molecule has 0 aromatic rings. The molecule has 2 aliphatic rings. The molecule has 14 heavy (non-hydrogen) atoms. The van der Waals surface area contributed by atoms with Crippen LogP contribution in [0.3, 0.4) is 0 Å².